The second-order valence-corrected chi connectivity index (χ2v) is 6.04. The fourth-order valence-electron chi connectivity index (χ4n) is 3.00. The normalized spacial score (nSPS) is 12.5. The molecule has 19 heavy (non-hydrogen) atoms. The van der Waals surface area contributed by atoms with E-state index in [0.29, 0.717) is 0 Å². The van der Waals surface area contributed by atoms with Crippen LogP contribution in [0.2, 0.25) is 0 Å². The standard InChI is InChI=1S/C18H37.Na.H/c1-5-9-13-17(12-8-4)16-18(14-10-6-2)15-11-7-3;;/h17-18H,4-16H2,1-3H3;;. The molecule has 0 amide bonds. The molecule has 0 saturated heterocycles. The molecule has 0 fully saturated rings. The van der Waals surface area contributed by atoms with Gasteiger partial charge in [0.05, 0.1) is 0 Å². The summed E-state index contributed by atoms with van der Waals surface area (Å²) in [5, 5.41) is 0. The first-order valence-corrected chi connectivity index (χ1v) is 8.57. The van der Waals surface area contributed by atoms with Crippen molar-refractivity contribution in [2.24, 2.45) is 11.8 Å². The van der Waals surface area contributed by atoms with Crippen molar-refractivity contribution in [1.29, 1.82) is 0 Å². The van der Waals surface area contributed by atoms with E-state index >= 15 is 0 Å². The number of hydrogen-bond acceptors (Lipinski definition) is 0. The fourth-order valence-corrected chi connectivity index (χ4v) is 3.00. The van der Waals surface area contributed by atoms with Gasteiger partial charge in [-0.1, -0.05) is 98.3 Å². The second kappa shape index (κ2) is 17.1. The fraction of sp³-hybridized carbons (Fsp3) is 0.944. The van der Waals surface area contributed by atoms with Crippen LogP contribution in [0.25, 0.3) is 0 Å². The van der Waals surface area contributed by atoms with Crippen molar-refractivity contribution in [3.8, 4) is 0 Å². The average Bonchev–Trinajstić information content (AvgIpc) is 2.39. The Labute approximate surface area is 145 Å². The Morgan fingerprint density at radius 2 is 1.05 bits per heavy atom. The van der Waals surface area contributed by atoms with Crippen LogP contribution in [-0.4, -0.2) is 29.6 Å². The summed E-state index contributed by atoms with van der Waals surface area (Å²) in [5.41, 5.74) is 0. The monoisotopic (exact) mass is 277 g/mol. The Morgan fingerprint density at radius 1 is 0.684 bits per heavy atom. The van der Waals surface area contributed by atoms with Crippen LogP contribution in [0.4, 0.5) is 0 Å². The van der Waals surface area contributed by atoms with Crippen LogP contribution in [0.1, 0.15) is 97.8 Å². The van der Waals surface area contributed by atoms with Gasteiger partial charge in [0, 0.05) is 0 Å². The summed E-state index contributed by atoms with van der Waals surface area (Å²) in [6.45, 7) is 11.0. The number of rotatable bonds is 13. The Morgan fingerprint density at radius 3 is 1.37 bits per heavy atom. The Bertz CT molecular complexity index is 148. The first kappa shape index (κ1) is 22.3. The van der Waals surface area contributed by atoms with Crippen molar-refractivity contribution in [1.82, 2.24) is 0 Å². The van der Waals surface area contributed by atoms with E-state index in [1.807, 2.05) is 0 Å². The van der Waals surface area contributed by atoms with E-state index < -0.39 is 0 Å². The van der Waals surface area contributed by atoms with Gasteiger partial charge >= 0.3 is 29.6 Å². The third kappa shape index (κ3) is 13.7. The summed E-state index contributed by atoms with van der Waals surface area (Å²) in [7, 11) is 0. The van der Waals surface area contributed by atoms with Crippen LogP contribution in [0, 0.1) is 18.8 Å². The first-order chi connectivity index (χ1) is 8.78. The van der Waals surface area contributed by atoms with Crippen molar-refractivity contribution >= 4 is 29.6 Å². The van der Waals surface area contributed by atoms with Crippen LogP contribution in [0.15, 0.2) is 0 Å². The summed E-state index contributed by atoms with van der Waals surface area (Å²) in [5.74, 6) is 1.96. The third-order valence-corrected chi connectivity index (χ3v) is 4.18. The van der Waals surface area contributed by atoms with Crippen LogP contribution >= 0.6 is 0 Å². The van der Waals surface area contributed by atoms with E-state index in [1.54, 1.807) is 0 Å². The molecule has 0 bridgehead atoms. The third-order valence-electron chi connectivity index (χ3n) is 4.18. The van der Waals surface area contributed by atoms with Crippen molar-refractivity contribution in [2.75, 3.05) is 0 Å². The molecule has 1 atom stereocenters. The van der Waals surface area contributed by atoms with Crippen LogP contribution in [-0.2, 0) is 0 Å². The first-order valence-electron chi connectivity index (χ1n) is 8.57. The summed E-state index contributed by atoms with van der Waals surface area (Å²) < 4.78 is 0. The van der Waals surface area contributed by atoms with Gasteiger partial charge in [-0.25, -0.2) is 0 Å². The molecule has 0 aliphatic heterocycles. The van der Waals surface area contributed by atoms with Crippen molar-refractivity contribution in [3.05, 3.63) is 6.92 Å². The Kier molecular flexibility index (Phi) is 20.0. The van der Waals surface area contributed by atoms with Crippen LogP contribution in [0.3, 0.4) is 0 Å². The topological polar surface area (TPSA) is 0 Å². The Balaban J connectivity index is 0. The summed E-state index contributed by atoms with van der Waals surface area (Å²) >= 11 is 0. The quantitative estimate of drug-likeness (QED) is 0.354. The predicted octanol–water partition coefficient (Wildman–Crippen LogP) is 6.15. The minimum atomic E-state index is 0. The van der Waals surface area contributed by atoms with E-state index in [1.165, 1.54) is 70.6 Å². The number of hydrogen-bond donors (Lipinski definition) is 0. The maximum absolute atomic E-state index is 4.07. The summed E-state index contributed by atoms with van der Waals surface area (Å²) in [4.78, 5) is 0. The van der Waals surface area contributed by atoms with Crippen molar-refractivity contribution in [2.45, 2.75) is 97.8 Å². The van der Waals surface area contributed by atoms with Gasteiger partial charge < -0.3 is 0 Å². The van der Waals surface area contributed by atoms with E-state index in [0.717, 1.165) is 18.3 Å². The predicted molar refractivity (Wildman–Crippen MR) is 91.9 cm³/mol. The summed E-state index contributed by atoms with van der Waals surface area (Å²) in [6.07, 6.45) is 16.7. The van der Waals surface area contributed by atoms with Gasteiger partial charge in [0.25, 0.3) is 0 Å². The molecule has 111 valence electrons. The SMILES string of the molecule is [CH2]CCC(CCCC)CC(CCCC)CCCC.[NaH]. The molecule has 0 aromatic rings. The molecule has 0 N–H and O–H groups in total. The van der Waals surface area contributed by atoms with Crippen LogP contribution in [0.5, 0.6) is 0 Å². The molecule has 0 spiro atoms. The number of unbranched alkanes of at least 4 members (excludes halogenated alkanes) is 3. The van der Waals surface area contributed by atoms with Crippen molar-refractivity contribution < 1.29 is 0 Å². The van der Waals surface area contributed by atoms with Gasteiger partial charge in [0.2, 0.25) is 0 Å². The summed E-state index contributed by atoms with van der Waals surface area (Å²) in [6, 6.07) is 0. The molecular weight excluding hydrogens is 239 g/mol. The van der Waals surface area contributed by atoms with Gasteiger partial charge in [-0.05, 0) is 18.3 Å². The van der Waals surface area contributed by atoms with Gasteiger partial charge in [-0.2, -0.15) is 0 Å². The molecule has 0 nitrogen and oxygen atoms in total. The second-order valence-electron chi connectivity index (χ2n) is 6.04. The average molecular weight is 277 g/mol. The molecule has 0 aliphatic carbocycles. The van der Waals surface area contributed by atoms with Gasteiger partial charge in [0.15, 0.2) is 0 Å². The molecule has 0 aliphatic rings. The zero-order valence-electron chi connectivity index (χ0n) is 13.3. The van der Waals surface area contributed by atoms with E-state index in [4.69, 9.17) is 0 Å². The zero-order valence-corrected chi connectivity index (χ0v) is 13.3. The molecule has 0 aromatic heterocycles. The molecule has 0 rings (SSSR count). The maximum atomic E-state index is 4.07. The van der Waals surface area contributed by atoms with E-state index in [-0.39, 0.29) is 29.6 Å². The van der Waals surface area contributed by atoms with Gasteiger partial charge in [-0.3, -0.25) is 0 Å². The van der Waals surface area contributed by atoms with Crippen LogP contribution < -0.4 is 0 Å². The molecule has 1 unspecified atom stereocenters. The molecule has 0 heterocycles. The molecule has 1 heteroatoms. The van der Waals surface area contributed by atoms with Gasteiger partial charge in [-0.15, -0.1) is 0 Å². The molecule has 0 saturated carbocycles. The minimum absolute atomic E-state index is 0. The molecule has 1 radical (unpaired) electrons. The van der Waals surface area contributed by atoms with E-state index in [9.17, 15) is 0 Å². The Hall–Kier alpha value is 1.00. The van der Waals surface area contributed by atoms with E-state index in [2.05, 4.69) is 27.7 Å². The van der Waals surface area contributed by atoms with Crippen molar-refractivity contribution in [3.63, 3.8) is 0 Å². The van der Waals surface area contributed by atoms with Gasteiger partial charge in [0.1, 0.15) is 0 Å². The zero-order chi connectivity index (χ0) is 13.6. The molecular formula is C18H38Na. The molecule has 0 aromatic carbocycles.